The Labute approximate surface area is 208 Å². The predicted octanol–water partition coefficient (Wildman–Crippen LogP) is 3.70. The van der Waals surface area contributed by atoms with Gasteiger partial charge in [-0.15, -0.1) is 6.58 Å². The molecule has 1 heterocycles. The Hall–Kier alpha value is -4.24. The molecule has 184 valence electrons. The van der Waals surface area contributed by atoms with Crippen LogP contribution in [0, 0.1) is 5.92 Å². The molecule has 4 aromatic rings. The number of nitrogens with zero attached hydrogens (tertiary/aromatic N) is 2. The van der Waals surface area contributed by atoms with E-state index in [4.69, 9.17) is 0 Å². The van der Waals surface area contributed by atoms with E-state index in [2.05, 4.69) is 11.7 Å². The minimum absolute atomic E-state index is 0.208. The predicted molar refractivity (Wildman–Crippen MR) is 137 cm³/mol. The Bertz CT molecular complexity index is 1510. The Morgan fingerprint density at radius 3 is 2.39 bits per heavy atom. The van der Waals surface area contributed by atoms with Crippen LogP contribution in [0.3, 0.4) is 0 Å². The Morgan fingerprint density at radius 2 is 1.69 bits per heavy atom. The van der Waals surface area contributed by atoms with E-state index in [9.17, 15) is 23.1 Å². The molecule has 2 N–H and O–H groups in total. The minimum atomic E-state index is -4.30. The fraction of sp³-hybridized carbons (Fsp3) is 0.148. The molecular formula is C27H25N3O5S. The topological polar surface area (TPSA) is 118 Å². The van der Waals surface area contributed by atoms with Crippen LogP contribution in [0.4, 0.5) is 0 Å². The highest BCUT2D eigenvalue weighted by Gasteiger charge is 2.33. The van der Waals surface area contributed by atoms with Crippen molar-refractivity contribution in [1.82, 2.24) is 14.5 Å². The average molecular weight is 504 g/mol. The van der Waals surface area contributed by atoms with E-state index >= 15 is 0 Å². The van der Waals surface area contributed by atoms with E-state index in [-0.39, 0.29) is 6.42 Å². The number of benzene rings is 3. The summed E-state index contributed by atoms with van der Waals surface area (Å²) >= 11 is 0. The van der Waals surface area contributed by atoms with Gasteiger partial charge in [0.2, 0.25) is 15.9 Å². The molecule has 1 amide bonds. The van der Waals surface area contributed by atoms with Crippen LogP contribution in [0.1, 0.15) is 21.9 Å². The maximum absolute atomic E-state index is 13.1. The first kappa shape index (κ1) is 24.9. The lowest BCUT2D eigenvalue weighted by Gasteiger charge is -2.18. The summed E-state index contributed by atoms with van der Waals surface area (Å²) in [4.78, 5) is 24.7. The van der Waals surface area contributed by atoms with Gasteiger partial charge in [-0.25, -0.2) is 8.42 Å². The number of nitrogens with one attached hydrogen (secondary N) is 1. The summed E-state index contributed by atoms with van der Waals surface area (Å²) in [6.07, 6.45) is 4.12. The van der Waals surface area contributed by atoms with Crippen LogP contribution in [0.25, 0.3) is 10.8 Å². The van der Waals surface area contributed by atoms with Gasteiger partial charge in [0.15, 0.2) is 0 Å². The van der Waals surface area contributed by atoms with Crippen molar-refractivity contribution in [2.24, 2.45) is 5.92 Å². The summed E-state index contributed by atoms with van der Waals surface area (Å²) in [6, 6.07) is 22.2. The zero-order chi connectivity index (χ0) is 25.7. The average Bonchev–Trinajstić information content (AvgIpc) is 3.29. The normalized spacial score (nSPS) is 13.1. The van der Waals surface area contributed by atoms with E-state index in [1.165, 1.54) is 12.3 Å². The standard InChI is InChI=1S/C27H25N3O5S/c1-2-25(23-13-12-21-10-6-7-11-22(21)15-23)36(34,35)29-26(31)24(27(32)33)14-20-16-28-30(18-20)17-19-8-4-3-5-9-19/h2-13,15-16,18,24-25H,1,14,17H2,(H,29,31)(H,32,33). The maximum atomic E-state index is 13.1. The lowest BCUT2D eigenvalue weighted by molar-refractivity contribution is -0.146. The molecule has 0 aliphatic carbocycles. The molecule has 0 radical (unpaired) electrons. The van der Waals surface area contributed by atoms with Crippen LogP contribution in [0.5, 0.6) is 0 Å². The lowest BCUT2D eigenvalue weighted by atomic mass is 10.0. The van der Waals surface area contributed by atoms with Gasteiger partial charge < -0.3 is 5.11 Å². The molecule has 0 aliphatic heterocycles. The smallest absolute Gasteiger partial charge is 0.316 e. The van der Waals surface area contributed by atoms with E-state index in [1.807, 2.05) is 59.3 Å². The molecule has 2 atom stereocenters. The summed E-state index contributed by atoms with van der Waals surface area (Å²) in [6.45, 7) is 4.10. The summed E-state index contributed by atoms with van der Waals surface area (Å²) < 4.78 is 29.8. The van der Waals surface area contributed by atoms with Crippen molar-refractivity contribution in [3.63, 3.8) is 0 Å². The van der Waals surface area contributed by atoms with Crippen LogP contribution in [0.2, 0.25) is 0 Å². The lowest BCUT2D eigenvalue weighted by Crippen LogP contribution is -2.41. The summed E-state index contributed by atoms with van der Waals surface area (Å²) in [5, 5.41) is 14.4. The first-order valence-corrected chi connectivity index (χ1v) is 12.8. The van der Waals surface area contributed by atoms with Crippen LogP contribution in [-0.4, -0.2) is 35.2 Å². The van der Waals surface area contributed by atoms with Gasteiger partial charge >= 0.3 is 5.97 Å². The van der Waals surface area contributed by atoms with Crippen LogP contribution in [0.15, 0.2) is 97.8 Å². The second-order valence-corrected chi connectivity index (χ2v) is 10.2. The van der Waals surface area contributed by atoms with Crippen molar-refractivity contribution < 1.29 is 23.1 Å². The molecule has 36 heavy (non-hydrogen) atoms. The molecule has 8 nitrogen and oxygen atoms in total. The highest BCUT2D eigenvalue weighted by atomic mass is 32.2. The number of amides is 1. The summed E-state index contributed by atoms with van der Waals surface area (Å²) in [5.41, 5.74) is 1.92. The molecule has 1 aromatic heterocycles. The van der Waals surface area contributed by atoms with E-state index < -0.39 is 33.1 Å². The first-order chi connectivity index (χ1) is 17.3. The number of carboxylic acids is 1. The van der Waals surface area contributed by atoms with Crippen molar-refractivity contribution in [3.8, 4) is 0 Å². The molecule has 0 spiro atoms. The highest BCUT2D eigenvalue weighted by Crippen LogP contribution is 2.27. The van der Waals surface area contributed by atoms with Crippen molar-refractivity contribution in [1.29, 1.82) is 0 Å². The molecule has 9 heteroatoms. The van der Waals surface area contributed by atoms with Gasteiger partial charge in [-0.1, -0.05) is 72.8 Å². The summed E-state index contributed by atoms with van der Waals surface area (Å²) in [5.74, 6) is -4.17. The number of carbonyl (C=O) groups excluding carboxylic acids is 1. The number of rotatable bonds is 10. The van der Waals surface area contributed by atoms with Gasteiger partial charge in [0.05, 0.1) is 12.7 Å². The van der Waals surface area contributed by atoms with Gasteiger partial charge in [0.1, 0.15) is 11.2 Å². The molecule has 0 aliphatic rings. The number of carboxylic acid groups (broad SMARTS) is 1. The van der Waals surface area contributed by atoms with E-state index in [0.29, 0.717) is 17.7 Å². The second kappa shape index (κ2) is 10.6. The van der Waals surface area contributed by atoms with Crippen molar-refractivity contribution >= 4 is 32.7 Å². The van der Waals surface area contributed by atoms with Gasteiger partial charge in [0, 0.05) is 6.20 Å². The van der Waals surface area contributed by atoms with Crippen molar-refractivity contribution in [2.45, 2.75) is 18.2 Å². The Kier molecular flexibility index (Phi) is 7.30. The molecule has 0 saturated heterocycles. The number of hydrogen-bond acceptors (Lipinski definition) is 5. The SMILES string of the molecule is C=CC(c1ccc2ccccc2c1)S(=O)(=O)NC(=O)C(Cc1cnn(Cc2ccccc2)c1)C(=O)O. The Balaban J connectivity index is 1.49. The molecule has 0 bridgehead atoms. The van der Waals surface area contributed by atoms with Gasteiger partial charge in [-0.2, -0.15) is 5.10 Å². The molecule has 0 fully saturated rings. The zero-order valence-corrected chi connectivity index (χ0v) is 20.1. The van der Waals surface area contributed by atoms with E-state index in [0.717, 1.165) is 16.3 Å². The third-order valence-corrected chi connectivity index (χ3v) is 7.44. The van der Waals surface area contributed by atoms with Crippen LogP contribution >= 0.6 is 0 Å². The highest BCUT2D eigenvalue weighted by molar-refractivity contribution is 7.90. The number of carbonyl (C=O) groups is 2. The Morgan fingerprint density at radius 1 is 1.00 bits per heavy atom. The summed E-state index contributed by atoms with van der Waals surface area (Å²) in [7, 11) is -4.30. The number of aliphatic carboxylic acids is 1. The van der Waals surface area contributed by atoms with Crippen LogP contribution in [-0.2, 0) is 32.6 Å². The number of aromatic nitrogens is 2. The second-order valence-electron chi connectivity index (χ2n) is 8.40. The monoisotopic (exact) mass is 503 g/mol. The number of fused-ring (bicyclic) bond motifs is 1. The molecule has 0 saturated carbocycles. The van der Waals surface area contributed by atoms with Crippen molar-refractivity contribution in [2.75, 3.05) is 0 Å². The fourth-order valence-corrected chi connectivity index (χ4v) is 5.31. The van der Waals surface area contributed by atoms with Gasteiger partial charge in [-0.3, -0.25) is 19.0 Å². The number of sulfonamides is 1. The first-order valence-electron chi connectivity index (χ1n) is 11.2. The van der Waals surface area contributed by atoms with Crippen molar-refractivity contribution in [3.05, 3.63) is 115 Å². The van der Waals surface area contributed by atoms with Gasteiger partial charge in [0.25, 0.3) is 0 Å². The van der Waals surface area contributed by atoms with Gasteiger partial charge in [-0.05, 0) is 39.9 Å². The quantitative estimate of drug-likeness (QED) is 0.252. The molecule has 3 aromatic carbocycles. The maximum Gasteiger partial charge on any atom is 0.316 e. The largest absolute Gasteiger partial charge is 0.481 e. The fourth-order valence-electron chi connectivity index (χ4n) is 4.00. The molecule has 2 unspecified atom stereocenters. The molecular weight excluding hydrogens is 478 g/mol. The number of hydrogen-bond donors (Lipinski definition) is 2. The molecule has 4 rings (SSSR count). The van der Waals surface area contributed by atoms with Crippen LogP contribution < -0.4 is 4.72 Å². The minimum Gasteiger partial charge on any atom is -0.481 e. The van der Waals surface area contributed by atoms with E-state index in [1.54, 1.807) is 29.1 Å². The zero-order valence-electron chi connectivity index (χ0n) is 19.3. The third-order valence-electron chi connectivity index (χ3n) is 5.82. The third kappa shape index (κ3) is 5.69.